The lowest BCUT2D eigenvalue weighted by atomic mass is 10.2. The van der Waals surface area contributed by atoms with Gasteiger partial charge in [-0.05, 0) is 56.7 Å². The standard InChI is InChI=1S/C22H26N6O2/c1-16-5-4-6-19(13-16)30-15-22(29)27-11-9-26(10-12-27)20-7-8-21(24-23-20)28-18(3)14-17(2)25-28/h4-8,13-14H,9-12,15H2,1-3H3. The van der Waals surface area contributed by atoms with E-state index in [0.29, 0.717) is 32.0 Å². The number of nitrogens with zero attached hydrogens (tertiary/aromatic N) is 6. The van der Waals surface area contributed by atoms with Crippen molar-refractivity contribution in [3.8, 4) is 11.6 Å². The van der Waals surface area contributed by atoms with Crippen molar-refractivity contribution < 1.29 is 9.53 Å². The van der Waals surface area contributed by atoms with E-state index >= 15 is 0 Å². The van der Waals surface area contributed by atoms with Crippen LogP contribution in [0.5, 0.6) is 5.75 Å². The van der Waals surface area contributed by atoms with Gasteiger partial charge in [0.15, 0.2) is 18.2 Å². The van der Waals surface area contributed by atoms with Gasteiger partial charge in [0.05, 0.1) is 5.69 Å². The van der Waals surface area contributed by atoms with Crippen molar-refractivity contribution in [1.29, 1.82) is 0 Å². The van der Waals surface area contributed by atoms with Gasteiger partial charge in [-0.3, -0.25) is 4.79 Å². The SMILES string of the molecule is Cc1cccc(OCC(=O)N2CCN(c3ccc(-n4nc(C)cc4C)nn3)CC2)c1. The molecule has 1 aliphatic heterocycles. The topological polar surface area (TPSA) is 76.4 Å². The van der Waals surface area contributed by atoms with Crippen LogP contribution in [0.4, 0.5) is 5.82 Å². The van der Waals surface area contributed by atoms with Gasteiger partial charge in [-0.25, -0.2) is 4.68 Å². The number of carbonyl (C=O) groups is 1. The molecule has 0 bridgehead atoms. The molecule has 1 aromatic carbocycles. The maximum Gasteiger partial charge on any atom is 0.260 e. The smallest absolute Gasteiger partial charge is 0.260 e. The first-order chi connectivity index (χ1) is 14.5. The summed E-state index contributed by atoms with van der Waals surface area (Å²) in [5.74, 6) is 2.23. The van der Waals surface area contributed by atoms with Crippen LogP contribution in [0.25, 0.3) is 5.82 Å². The molecule has 0 atom stereocenters. The van der Waals surface area contributed by atoms with Crippen LogP contribution >= 0.6 is 0 Å². The summed E-state index contributed by atoms with van der Waals surface area (Å²) >= 11 is 0. The van der Waals surface area contributed by atoms with Gasteiger partial charge in [0.1, 0.15) is 5.75 Å². The molecule has 2 aromatic heterocycles. The molecule has 30 heavy (non-hydrogen) atoms. The fourth-order valence-corrected chi connectivity index (χ4v) is 3.59. The predicted octanol–water partition coefficient (Wildman–Crippen LogP) is 2.32. The van der Waals surface area contributed by atoms with Gasteiger partial charge in [0, 0.05) is 31.9 Å². The Balaban J connectivity index is 1.30. The Morgan fingerprint density at radius 1 is 0.967 bits per heavy atom. The number of benzene rings is 1. The Morgan fingerprint density at radius 3 is 2.33 bits per heavy atom. The molecule has 1 fully saturated rings. The minimum Gasteiger partial charge on any atom is -0.484 e. The molecule has 8 nitrogen and oxygen atoms in total. The van der Waals surface area contributed by atoms with E-state index in [-0.39, 0.29) is 12.5 Å². The van der Waals surface area contributed by atoms with Crippen LogP contribution in [0, 0.1) is 20.8 Å². The summed E-state index contributed by atoms with van der Waals surface area (Å²) in [6.45, 7) is 8.70. The highest BCUT2D eigenvalue weighted by Gasteiger charge is 2.22. The lowest BCUT2D eigenvalue weighted by Crippen LogP contribution is -2.50. The number of anilines is 1. The molecule has 4 rings (SSSR count). The summed E-state index contributed by atoms with van der Waals surface area (Å²) in [6.07, 6.45) is 0. The number of hydrogen-bond donors (Lipinski definition) is 0. The minimum absolute atomic E-state index is 0.00196. The highest BCUT2D eigenvalue weighted by molar-refractivity contribution is 5.78. The van der Waals surface area contributed by atoms with Gasteiger partial charge in [0.25, 0.3) is 5.91 Å². The number of carbonyl (C=O) groups excluding carboxylic acids is 1. The van der Waals surface area contributed by atoms with Crippen LogP contribution in [0.1, 0.15) is 17.0 Å². The average molecular weight is 406 g/mol. The van der Waals surface area contributed by atoms with E-state index in [0.717, 1.165) is 28.5 Å². The lowest BCUT2D eigenvalue weighted by Gasteiger charge is -2.35. The van der Waals surface area contributed by atoms with Crippen molar-refractivity contribution in [1.82, 2.24) is 24.9 Å². The molecule has 1 saturated heterocycles. The molecule has 0 spiro atoms. The second-order valence-corrected chi connectivity index (χ2v) is 7.56. The van der Waals surface area contributed by atoms with E-state index in [9.17, 15) is 4.79 Å². The van der Waals surface area contributed by atoms with E-state index < -0.39 is 0 Å². The van der Waals surface area contributed by atoms with Crippen LogP contribution in [-0.4, -0.2) is 63.6 Å². The quantitative estimate of drug-likeness (QED) is 0.647. The molecule has 3 heterocycles. The zero-order chi connectivity index (χ0) is 21.1. The first kappa shape index (κ1) is 19.9. The molecular formula is C22H26N6O2. The number of ether oxygens (including phenoxy) is 1. The van der Waals surface area contributed by atoms with Gasteiger partial charge in [-0.1, -0.05) is 12.1 Å². The first-order valence-electron chi connectivity index (χ1n) is 10.1. The van der Waals surface area contributed by atoms with Crippen LogP contribution in [0.15, 0.2) is 42.5 Å². The summed E-state index contributed by atoms with van der Waals surface area (Å²) in [7, 11) is 0. The molecule has 0 unspecified atom stereocenters. The van der Waals surface area contributed by atoms with E-state index in [1.807, 2.05) is 68.1 Å². The fourth-order valence-electron chi connectivity index (χ4n) is 3.59. The van der Waals surface area contributed by atoms with Crippen molar-refractivity contribution >= 4 is 11.7 Å². The molecule has 0 N–H and O–H groups in total. The van der Waals surface area contributed by atoms with Gasteiger partial charge in [0.2, 0.25) is 0 Å². The number of hydrogen-bond acceptors (Lipinski definition) is 6. The van der Waals surface area contributed by atoms with Crippen molar-refractivity contribution in [3.63, 3.8) is 0 Å². The third-order valence-corrected chi connectivity index (χ3v) is 5.17. The molecule has 156 valence electrons. The fraction of sp³-hybridized carbons (Fsp3) is 0.364. The Morgan fingerprint density at radius 2 is 1.70 bits per heavy atom. The normalized spacial score (nSPS) is 14.1. The maximum absolute atomic E-state index is 12.5. The van der Waals surface area contributed by atoms with Gasteiger partial charge in [-0.2, -0.15) is 5.10 Å². The summed E-state index contributed by atoms with van der Waals surface area (Å²) in [5.41, 5.74) is 3.08. The molecule has 1 amide bonds. The van der Waals surface area contributed by atoms with Crippen LogP contribution in [0.2, 0.25) is 0 Å². The van der Waals surface area contributed by atoms with Gasteiger partial charge in [-0.15, -0.1) is 10.2 Å². The maximum atomic E-state index is 12.5. The summed E-state index contributed by atoms with van der Waals surface area (Å²) in [4.78, 5) is 16.5. The van der Waals surface area contributed by atoms with E-state index in [4.69, 9.17) is 4.74 Å². The summed E-state index contributed by atoms with van der Waals surface area (Å²) < 4.78 is 7.43. The van der Waals surface area contributed by atoms with Crippen molar-refractivity contribution in [2.45, 2.75) is 20.8 Å². The molecular weight excluding hydrogens is 380 g/mol. The molecule has 0 saturated carbocycles. The highest BCUT2D eigenvalue weighted by atomic mass is 16.5. The summed E-state index contributed by atoms with van der Waals surface area (Å²) in [6, 6.07) is 13.6. The Bertz CT molecular complexity index is 1020. The highest BCUT2D eigenvalue weighted by Crippen LogP contribution is 2.16. The second kappa shape index (κ2) is 8.52. The summed E-state index contributed by atoms with van der Waals surface area (Å²) in [5, 5.41) is 13.1. The van der Waals surface area contributed by atoms with Crippen molar-refractivity contribution in [2.24, 2.45) is 0 Å². The Hall–Kier alpha value is -3.42. The largest absolute Gasteiger partial charge is 0.484 e. The number of aryl methyl sites for hydroxylation is 3. The van der Waals surface area contributed by atoms with Crippen LogP contribution < -0.4 is 9.64 Å². The second-order valence-electron chi connectivity index (χ2n) is 7.56. The average Bonchev–Trinajstić information content (AvgIpc) is 3.10. The number of rotatable bonds is 5. The monoisotopic (exact) mass is 406 g/mol. The Kier molecular flexibility index (Phi) is 5.65. The zero-order valence-corrected chi connectivity index (χ0v) is 17.6. The van der Waals surface area contributed by atoms with E-state index in [1.54, 1.807) is 4.68 Å². The third kappa shape index (κ3) is 4.42. The zero-order valence-electron chi connectivity index (χ0n) is 17.6. The molecule has 3 aromatic rings. The molecule has 0 radical (unpaired) electrons. The van der Waals surface area contributed by atoms with Crippen LogP contribution in [-0.2, 0) is 4.79 Å². The predicted molar refractivity (Wildman–Crippen MR) is 114 cm³/mol. The lowest BCUT2D eigenvalue weighted by molar-refractivity contribution is -0.133. The van der Waals surface area contributed by atoms with E-state index in [1.165, 1.54) is 0 Å². The van der Waals surface area contributed by atoms with E-state index in [2.05, 4.69) is 20.2 Å². The van der Waals surface area contributed by atoms with Crippen molar-refractivity contribution in [2.75, 3.05) is 37.7 Å². The number of piperazine rings is 1. The third-order valence-electron chi connectivity index (χ3n) is 5.17. The van der Waals surface area contributed by atoms with Crippen LogP contribution in [0.3, 0.4) is 0 Å². The first-order valence-corrected chi connectivity index (χ1v) is 10.1. The number of aromatic nitrogens is 4. The number of amides is 1. The van der Waals surface area contributed by atoms with Gasteiger partial charge >= 0.3 is 0 Å². The Labute approximate surface area is 176 Å². The molecule has 8 heteroatoms. The van der Waals surface area contributed by atoms with Crippen molar-refractivity contribution in [3.05, 3.63) is 59.4 Å². The molecule has 0 aliphatic carbocycles. The minimum atomic E-state index is 0.00196. The molecule has 1 aliphatic rings. The van der Waals surface area contributed by atoms with Gasteiger partial charge < -0.3 is 14.5 Å².